The van der Waals surface area contributed by atoms with Crippen LogP contribution in [0.3, 0.4) is 0 Å². The molecule has 1 aliphatic rings. The number of aryl methyl sites for hydroxylation is 1. The first kappa shape index (κ1) is 34.2. The summed E-state index contributed by atoms with van der Waals surface area (Å²) >= 11 is -2.14. The summed E-state index contributed by atoms with van der Waals surface area (Å²) in [6.45, 7) is 37.4. The van der Waals surface area contributed by atoms with Gasteiger partial charge in [-0.15, -0.1) is 0 Å². The number of hydrogen-bond donors (Lipinski definition) is 0. The summed E-state index contributed by atoms with van der Waals surface area (Å²) < 4.78 is 11.5. The Balaban J connectivity index is 3.05. The van der Waals surface area contributed by atoms with Crippen molar-refractivity contribution in [2.45, 2.75) is 137 Å². The fourth-order valence-corrected chi connectivity index (χ4v) is 43.7. The zero-order valence-electron chi connectivity index (χ0n) is 28.3. The molecule has 0 N–H and O–H groups in total. The van der Waals surface area contributed by atoms with E-state index in [2.05, 4.69) is 120 Å². The van der Waals surface area contributed by atoms with Crippen molar-refractivity contribution in [3.63, 3.8) is 0 Å². The summed E-state index contributed by atoms with van der Waals surface area (Å²) in [4.78, 5) is 0. The van der Waals surface area contributed by atoms with Crippen molar-refractivity contribution >= 4 is 16.1 Å². The Morgan fingerprint density at radius 1 is 0.789 bits per heavy atom. The van der Waals surface area contributed by atoms with Gasteiger partial charge in [0, 0.05) is 0 Å². The minimum atomic E-state index is -2.14. The third-order valence-corrected chi connectivity index (χ3v) is 41.0. The number of methoxy groups -OCH3 is 1. The molecule has 0 amide bonds. The summed E-state index contributed by atoms with van der Waals surface area (Å²) in [5.74, 6) is 1.14. The molecule has 1 aliphatic carbocycles. The molecule has 1 aromatic rings. The second-order valence-corrected chi connectivity index (χ2v) is 38.5. The van der Waals surface area contributed by atoms with E-state index in [0.717, 1.165) is 25.0 Å². The second-order valence-electron chi connectivity index (χ2n) is 16.6. The molecule has 0 unspecified atom stereocenters. The summed E-state index contributed by atoms with van der Waals surface area (Å²) in [5.41, 5.74) is 7.97. The van der Waals surface area contributed by atoms with Gasteiger partial charge in [-0.2, -0.15) is 0 Å². The van der Waals surface area contributed by atoms with Crippen molar-refractivity contribution in [3.05, 3.63) is 48.4 Å². The van der Waals surface area contributed by atoms with Crippen LogP contribution in [0.5, 0.6) is 5.75 Å². The summed E-state index contributed by atoms with van der Waals surface area (Å²) in [7, 11) is -0.488. The minimum absolute atomic E-state index is 0.0320. The van der Waals surface area contributed by atoms with Crippen LogP contribution in [-0.2, 0) is 38.3 Å². The Kier molecular flexibility index (Phi) is 10.9. The van der Waals surface area contributed by atoms with Gasteiger partial charge in [0.2, 0.25) is 0 Å². The summed E-state index contributed by atoms with van der Waals surface area (Å²) in [6, 6.07) is 4.86. The average molecular weight is 631 g/mol. The van der Waals surface area contributed by atoms with Crippen LogP contribution in [0.4, 0.5) is 0 Å². The van der Waals surface area contributed by atoms with E-state index in [-0.39, 0.29) is 16.2 Å². The van der Waals surface area contributed by atoms with E-state index in [4.69, 9.17) is 4.74 Å². The molecule has 0 spiro atoms. The van der Waals surface area contributed by atoms with Crippen molar-refractivity contribution in [1.82, 2.24) is 0 Å². The van der Waals surface area contributed by atoms with E-state index < -0.39 is 43.6 Å². The molecule has 0 aromatic heterocycles. The summed E-state index contributed by atoms with van der Waals surface area (Å²) in [5, 5.41) is 0. The monoisotopic (exact) mass is 630 g/mol. The van der Waals surface area contributed by atoms with E-state index >= 15 is 0 Å². The van der Waals surface area contributed by atoms with E-state index in [1.807, 2.05) is 9.49 Å². The van der Waals surface area contributed by atoms with Crippen LogP contribution >= 0.6 is 0 Å². The predicted octanol–water partition coefficient (Wildman–Crippen LogP) is 11.2. The zero-order chi connectivity index (χ0) is 29.5. The maximum absolute atomic E-state index is 6.37. The number of ether oxygens (including phenoxy) is 1. The molecule has 214 valence electrons. The van der Waals surface area contributed by atoms with Crippen molar-refractivity contribution in [2.75, 3.05) is 7.11 Å². The Hall–Kier alpha value is 0.0377. The van der Waals surface area contributed by atoms with Gasteiger partial charge >= 0.3 is 252 Å². The predicted molar refractivity (Wildman–Crippen MR) is 174 cm³/mol. The fourth-order valence-electron chi connectivity index (χ4n) is 7.10. The number of allylic oxidation sites excluding steroid dienone is 4. The van der Waals surface area contributed by atoms with Crippen LogP contribution in [0.2, 0.25) is 45.0 Å². The molecular weight excluding hydrogens is 569 g/mol. The molecule has 4 heteroatoms. The van der Waals surface area contributed by atoms with Gasteiger partial charge in [0.1, 0.15) is 0 Å². The Morgan fingerprint density at radius 3 is 1.63 bits per heavy atom. The molecule has 0 saturated carbocycles. The fraction of sp³-hybridized carbons (Fsp3) is 0.706. The van der Waals surface area contributed by atoms with E-state index in [9.17, 15) is 0 Å². The van der Waals surface area contributed by atoms with Crippen LogP contribution in [-0.4, -0.2) is 23.3 Å². The van der Waals surface area contributed by atoms with Crippen LogP contribution in [0.25, 0.3) is 0 Å². The molecule has 2 rings (SSSR count). The van der Waals surface area contributed by atoms with Crippen LogP contribution in [0, 0.1) is 12.3 Å². The molecule has 1 nitrogen and oxygen atoms in total. The molecule has 0 saturated heterocycles. The molecular formula is C34H61OSi2Y. The zero-order valence-corrected chi connectivity index (χ0v) is 33.1. The molecule has 0 radical (unpaired) electrons. The average Bonchev–Trinajstić information content (AvgIpc) is 3.18. The number of rotatable bonds is 10. The van der Waals surface area contributed by atoms with Crippen molar-refractivity contribution in [3.8, 4) is 5.75 Å². The molecule has 0 bridgehead atoms. The third kappa shape index (κ3) is 7.86. The van der Waals surface area contributed by atoms with E-state index in [0.29, 0.717) is 0 Å². The van der Waals surface area contributed by atoms with Gasteiger partial charge in [-0.1, -0.05) is 0 Å². The van der Waals surface area contributed by atoms with Crippen molar-refractivity contribution < 1.29 is 32.2 Å². The van der Waals surface area contributed by atoms with Crippen molar-refractivity contribution in [1.29, 1.82) is 0 Å². The van der Waals surface area contributed by atoms with Crippen LogP contribution < -0.4 is 4.74 Å². The van der Waals surface area contributed by atoms with E-state index in [1.54, 1.807) is 16.9 Å². The number of benzene rings is 1. The first-order valence-electron chi connectivity index (χ1n) is 15.3. The van der Waals surface area contributed by atoms with Crippen LogP contribution in [0.15, 0.2) is 31.7 Å². The Labute approximate surface area is 250 Å². The maximum atomic E-state index is 6.37. The van der Waals surface area contributed by atoms with Gasteiger partial charge in [-0.3, -0.25) is 0 Å². The molecule has 0 aliphatic heterocycles. The first-order valence-corrected chi connectivity index (χ1v) is 28.1. The molecule has 0 atom stereocenters. The van der Waals surface area contributed by atoms with Gasteiger partial charge in [0.15, 0.2) is 0 Å². The first-order chi connectivity index (χ1) is 17.1. The van der Waals surface area contributed by atoms with Gasteiger partial charge in [-0.05, 0) is 0 Å². The number of hydrogen-bond acceptors (Lipinski definition) is 1. The quantitative estimate of drug-likeness (QED) is 0.234. The SMILES string of the molecule is CCC(CC)(C1=[C]([Y]([CH2][Si](C)(C)C)[CH2][Si](C)(C)C)C(C(C)(C)C)=CC1)c1cc(C)cc(C(C)(C)C)c1OC. The third-order valence-electron chi connectivity index (χ3n) is 8.61. The van der Waals surface area contributed by atoms with Gasteiger partial charge < -0.3 is 0 Å². The second kappa shape index (κ2) is 12.1. The Morgan fingerprint density at radius 2 is 1.26 bits per heavy atom. The molecule has 0 heterocycles. The normalized spacial score (nSPS) is 15.7. The van der Waals surface area contributed by atoms with Gasteiger partial charge in [0.05, 0.1) is 0 Å². The summed E-state index contributed by atoms with van der Waals surface area (Å²) in [6.07, 6.45) is 6.08. The van der Waals surface area contributed by atoms with Crippen LogP contribution in [0.1, 0.15) is 91.3 Å². The van der Waals surface area contributed by atoms with E-state index in [1.165, 1.54) is 16.7 Å². The van der Waals surface area contributed by atoms with Gasteiger partial charge in [0.25, 0.3) is 0 Å². The molecule has 0 fully saturated rings. The standard InChI is InChI=1S/C26H39O.2C4H11Si.Y/c1-11-26(12-2,20-14-13-19(17-20)24(4,5)6)22-16-18(3)15-21(23(22)27-10)25(7,8)9;2*1-5(2,3)4;/h13,15-16H,11-12,14H2,1-10H3;2*1H2,2-4H3;. The molecule has 1 aromatic carbocycles. The molecule has 38 heavy (non-hydrogen) atoms. The topological polar surface area (TPSA) is 9.23 Å². The van der Waals surface area contributed by atoms with Gasteiger partial charge in [-0.25, -0.2) is 0 Å². The van der Waals surface area contributed by atoms with Crippen molar-refractivity contribution in [2.24, 2.45) is 5.41 Å². The Bertz CT molecular complexity index is 1030.